The number of rotatable bonds is 4. The quantitative estimate of drug-likeness (QED) is 0.240. The van der Waals surface area contributed by atoms with Gasteiger partial charge in [-0.1, -0.05) is 60.7 Å². The first kappa shape index (κ1) is 23.9. The van der Waals surface area contributed by atoms with Crippen LogP contribution in [0, 0.1) is 0 Å². The van der Waals surface area contributed by atoms with Crippen LogP contribution in [0.25, 0.3) is 0 Å². The Morgan fingerprint density at radius 3 is 1.19 bits per heavy atom. The number of benzene rings is 2. The Morgan fingerprint density at radius 2 is 0.963 bits per heavy atom. The van der Waals surface area contributed by atoms with E-state index in [1.165, 1.54) is 0 Å². The molecule has 0 atom stereocenters. The van der Waals surface area contributed by atoms with Crippen molar-refractivity contribution in [1.29, 1.82) is 0 Å². The third-order valence-corrected chi connectivity index (χ3v) is 2.57. The highest BCUT2D eigenvalue weighted by atomic mass is 32.3. The molecule has 2 aromatic rings. The summed E-state index contributed by atoms with van der Waals surface area (Å²) in [7, 11) is -4.67. The summed E-state index contributed by atoms with van der Waals surface area (Å²) in [5.74, 6) is 0.266. The minimum Gasteiger partial charge on any atom is -0.370 e. The van der Waals surface area contributed by atoms with Gasteiger partial charge in [0.2, 0.25) is 0 Å². The van der Waals surface area contributed by atoms with Crippen molar-refractivity contribution in [2.75, 3.05) is 0 Å². The van der Waals surface area contributed by atoms with Gasteiger partial charge in [0.25, 0.3) is 0 Å². The van der Waals surface area contributed by atoms with Crippen LogP contribution in [0.2, 0.25) is 0 Å². The van der Waals surface area contributed by atoms with Gasteiger partial charge in [0.05, 0.1) is 13.1 Å². The number of nitrogens with zero attached hydrogens (tertiary/aromatic N) is 2. The van der Waals surface area contributed by atoms with E-state index in [0.717, 1.165) is 11.1 Å². The van der Waals surface area contributed by atoms with Crippen LogP contribution in [0.1, 0.15) is 11.1 Å². The lowest BCUT2D eigenvalue weighted by Gasteiger charge is -1.94. The minimum absolute atomic E-state index is 0.133. The second-order valence-electron chi connectivity index (χ2n) is 4.90. The maximum absolute atomic E-state index is 8.74. The van der Waals surface area contributed by atoms with Crippen LogP contribution >= 0.6 is 0 Å². The summed E-state index contributed by atoms with van der Waals surface area (Å²) in [4.78, 5) is 7.73. The van der Waals surface area contributed by atoms with E-state index in [2.05, 4.69) is 9.98 Å². The molecule has 0 radical (unpaired) electrons. The molecular weight excluding hydrogens is 372 g/mol. The molecule has 0 saturated carbocycles. The molecule has 0 bridgehead atoms. The van der Waals surface area contributed by atoms with E-state index < -0.39 is 10.4 Å². The molecule has 0 aliphatic rings. The third kappa shape index (κ3) is 19.0. The fraction of sp³-hybridized carbons (Fsp3) is 0.125. The number of aliphatic imine (C=N–C) groups is 2. The number of guanidine groups is 2. The standard InChI is InChI=1S/2C8H11N3.H2O4S/c2*9-8(10)11-6-7-4-2-1-3-5-7;1-5(2,3)4/h2*1-5H,6H2,(H4,9,10,11);(H2,1,2,3,4). The van der Waals surface area contributed by atoms with E-state index in [9.17, 15) is 0 Å². The first-order chi connectivity index (χ1) is 12.6. The summed E-state index contributed by atoms with van der Waals surface area (Å²) in [6, 6.07) is 19.7. The van der Waals surface area contributed by atoms with Gasteiger partial charge in [-0.15, -0.1) is 0 Å². The third-order valence-electron chi connectivity index (χ3n) is 2.57. The Labute approximate surface area is 158 Å². The summed E-state index contributed by atoms with van der Waals surface area (Å²) >= 11 is 0. The van der Waals surface area contributed by atoms with Crippen LogP contribution in [0.3, 0.4) is 0 Å². The molecule has 0 amide bonds. The molecule has 0 fully saturated rings. The molecule has 0 aliphatic heterocycles. The summed E-state index contributed by atoms with van der Waals surface area (Å²) in [6.45, 7) is 1.12. The van der Waals surface area contributed by atoms with E-state index in [1.807, 2.05) is 60.7 Å². The first-order valence-electron chi connectivity index (χ1n) is 7.46. The second-order valence-corrected chi connectivity index (χ2v) is 5.80. The average Bonchev–Trinajstić information content (AvgIpc) is 2.59. The van der Waals surface area contributed by atoms with Gasteiger partial charge >= 0.3 is 10.4 Å². The van der Waals surface area contributed by atoms with Gasteiger partial charge < -0.3 is 22.9 Å². The van der Waals surface area contributed by atoms with E-state index in [1.54, 1.807) is 0 Å². The summed E-state index contributed by atoms with van der Waals surface area (Å²) < 4.78 is 31.6. The Bertz CT molecular complexity index is 740. The highest BCUT2D eigenvalue weighted by Crippen LogP contribution is 1.99. The number of nitrogens with two attached hydrogens (primary N) is 4. The summed E-state index contributed by atoms with van der Waals surface area (Å²) in [6.07, 6.45) is 0. The van der Waals surface area contributed by atoms with Crippen molar-refractivity contribution < 1.29 is 17.5 Å². The zero-order valence-electron chi connectivity index (χ0n) is 14.5. The van der Waals surface area contributed by atoms with Crippen molar-refractivity contribution in [3.63, 3.8) is 0 Å². The van der Waals surface area contributed by atoms with Gasteiger partial charge in [0.1, 0.15) is 0 Å². The van der Waals surface area contributed by atoms with Gasteiger partial charge in [0, 0.05) is 0 Å². The fourth-order valence-electron chi connectivity index (χ4n) is 1.53. The lowest BCUT2D eigenvalue weighted by Crippen LogP contribution is -2.22. The molecule has 10 N–H and O–H groups in total. The molecule has 10 nitrogen and oxygen atoms in total. The molecule has 148 valence electrons. The molecule has 0 saturated heterocycles. The first-order valence-corrected chi connectivity index (χ1v) is 8.86. The summed E-state index contributed by atoms with van der Waals surface area (Å²) in [5.41, 5.74) is 22.9. The van der Waals surface area contributed by atoms with E-state index in [-0.39, 0.29) is 11.9 Å². The van der Waals surface area contributed by atoms with Crippen molar-refractivity contribution in [2.24, 2.45) is 32.9 Å². The highest BCUT2D eigenvalue weighted by molar-refractivity contribution is 7.79. The van der Waals surface area contributed by atoms with Crippen LogP contribution in [0.15, 0.2) is 70.6 Å². The molecule has 0 heterocycles. The van der Waals surface area contributed by atoms with Gasteiger partial charge in [-0.2, -0.15) is 8.42 Å². The molecule has 27 heavy (non-hydrogen) atoms. The predicted molar refractivity (Wildman–Crippen MR) is 106 cm³/mol. The predicted octanol–water partition coefficient (Wildman–Crippen LogP) is 0.267. The minimum atomic E-state index is -4.67. The average molecular weight is 396 g/mol. The molecule has 0 unspecified atom stereocenters. The molecular formula is C16H24N6O4S. The normalized spacial score (nSPS) is 9.56. The van der Waals surface area contributed by atoms with Gasteiger partial charge in [-0.3, -0.25) is 9.11 Å². The van der Waals surface area contributed by atoms with Crippen molar-refractivity contribution in [3.05, 3.63) is 71.8 Å². The van der Waals surface area contributed by atoms with Crippen molar-refractivity contribution in [3.8, 4) is 0 Å². The van der Waals surface area contributed by atoms with Crippen LogP contribution in [-0.4, -0.2) is 29.4 Å². The van der Waals surface area contributed by atoms with Crippen LogP contribution in [0.5, 0.6) is 0 Å². The zero-order valence-corrected chi connectivity index (χ0v) is 15.3. The van der Waals surface area contributed by atoms with Crippen molar-refractivity contribution in [2.45, 2.75) is 13.1 Å². The number of hydrogen-bond donors (Lipinski definition) is 6. The van der Waals surface area contributed by atoms with Crippen molar-refractivity contribution in [1.82, 2.24) is 0 Å². The zero-order chi connectivity index (χ0) is 20.7. The van der Waals surface area contributed by atoms with Crippen LogP contribution in [-0.2, 0) is 23.5 Å². The Morgan fingerprint density at radius 1 is 0.704 bits per heavy atom. The molecule has 0 aromatic heterocycles. The molecule has 2 rings (SSSR count). The van der Waals surface area contributed by atoms with Crippen LogP contribution < -0.4 is 22.9 Å². The Hall–Kier alpha value is -3.15. The van der Waals surface area contributed by atoms with Gasteiger partial charge in [0.15, 0.2) is 11.9 Å². The van der Waals surface area contributed by atoms with E-state index >= 15 is 0 Å². The van der Waals surface area contributed by atoms with E-state index in [4.69, 9.17) is 40.5 Å². The lowest BCUT2D eigenvalue weighted by atomic mass is 10.2. The topological polar surface area (TPSA) is 203 Å². The monoisotopic (exact) mass is 396 g/mol. The second kappa shape index (κ2) is 13.1. The molecule has 11 heteroatoms. The Balaban J connectivity index is 0.000000405. The Kier molecular flexibility index (Phi) is 11.6. The summed E-state index contributed by atoms with van der Waals surface area (Å²) in [5, 5.41) is 0. The van der Waals surface area contributed by atoms with E-state index in [0.29, 0.717) is 13.1 Å². The van der Waals surface area contributed by atoms with Crippen LogP contribution in [0.4, 0.5) is 0 Å². The maximum Gasteiger partial charge on any atom is 0.394 e. The molecule has 0 aliphatic carbocycles. The molecule has 0 spiro atoms. The highest BCUT2D eigenvalue weighted by Gasteiger charge is 1.87. The maximum atomic E-state index is 8.74. The van der Waals surface area contributed by atoms with Gasteiger partial charge in [-0.05, 0) is 11.1 Å². The van der Waals surface area contributed by atoms with Gasteiger partial charge in [-0.25, -0.2) is 9.98 Å². The smallest absolute Gasteiger partial charge is 0.370 e. The largest absolute Gasteiger partial charge is 0.394 e. The van der Waals surface area contributed by atoms with Crippen molar-refractivity contribution >= 4 is 22.3 Å². The molecule has 2 aromatic carbocycles. The SMILES string of the molecule is NC(N)=NCc1ccccc1.NC(N)=NCc1ccccc1.O=S(=O)(O)O. The fourth-order valence-corrected chi connectivity index (χ4v) is 1.53. The lowest BCUT2D eigenvalue weighted by molar-refractivity contribution is 0.381. The number of hydrogen-bond acceptors (Lipinski definition) is 4.